The second-order valence-electron chi connectivity index (χ2n) is 5.40. The van der Waals surface area contributed by atoms with Crippen LogP contribution in [-0.4, -0.2) is 52.6 Å². The fourth-order valence-electron chi connectivity index (χ4n) is 1.50. The molecule has 1 aromatic heterocycles. The first kappa shape index (κ1) is 15.6. The van der Waals surface area contributed by atoms with Gasteiger partial charge in [-0.2, -0.15) is 0 Å². The number of nitrogens with one attached hydrogen (secondary N) is 2. The molecule has 0 saturated carbocycles. The first-order chi connectivity index (χ1) is 8.88. The number of nitrogens with zero attached hydrogens (tertiary/aromatic N) is 2. The van der Waals surface area contributed by atoms with Gasteiger partial charge in [-0.25, -0.2) is 4.98 Å². The lowest BCUT2D eigenvalue weighted by Crippen LogP contribution is -2.39. The Kier molecular flexibility index (Phi) is 5.44. The second kappa shape index (κ2) is 6.63. The van der Waals surface area contributed by atoms with Crippen LogP contribution in [0.3, 0.4) is 0 Å². The second-order valence-corrected chi connectivity index (χ2v) is 5.40. The smallest absolute Gasteiger partial charge is 0.291 e. The summed E-state index contributed by atoms with van der Waals surface area (Å²) in [6.45, 7) is 6.26. The normalized spacial score (nSPS) is 13.3. The number of ether oxygens (including phenoxy) is 1. The fraction of sp³-hybridized carbons (Fsp3) is 0.750. The number of hydrogen-bond acceptors (Lipinski definition) is 5. The van der Waals surface area contributed by atoms with Crippen molar-refractivity contribution in [2.45, 2.75) is 38.6 Å². The maximum atomic E-state index is 12.0. The van der Waals surface area contributed by atoms with E-state index in [1.54, 1.807) is 7.11 Å². The molecular formula is C12H22N4O3. The van der Waals surface area contributed by atoms with Gasteiger partial charge in [-0.1, -0.05) is 20.8 Å². The van der Waals surface area contributed by atoms with Crippen LogP contribution in [0.25, 0.3) is 0 Å². The Morgan fingerprint density at radius 3 is 2.68 bits per heavy atom. The molecular weight excluding hydrogens is 248 g/mol. The number of H-pyrrole nitrogens is 1. The SMILES string of the molecule is COCC(CCO)NC(=O)c1n[nH]c(C(C)(C)C)n1. The topological polar surface area (TPSA) is 100 Å². The van der Waals surface area contributed by atoms with E-state index in [2.05, 4.69) is 20.5 Å². The highest BCUT2D eigenvalue weighted by atomic mass is 16.5. The van der Waals surface area contributed by atoms with Crippen LogP contribution >= 0.6 is 0 Å². The summed E-state index contributed by atoms with van der Waals surface area (Å²) < 4.78 is 4.98. The molecule has 1 aromatic rings. The summed E-state index contributed by atoms with van der Waals surface area (Å²) in [5.41, 5.74) is -0.192. The van der Waals surface area contributed by atoms with E-state index in [1.807, 2.05) is 20.8 Å². The molecule has 0 bridgehead atoms. The molecule has 7 heteroatoms. The summed E-state index contributed by atoms with van der Waals surface area (Å²) in [5, 5.41) is 18.3. The highest BCUT2D eigenvalue weighted by Crippen LogP contribution is 2.17. The van der Waals surface area contributed by atoms with Gasteiger partial charge in [0.25, 0.3) is 5.91 Å². The molecule has 3 N–H and O–H groups in total. The zero-order valence-corrected chi connectivity index (χ0v) is 11.9. The molecule has 1 heterocycles. The van der Waals surface area contributed by atoms with Gasteiger partial charge in [0.15, 0.2) is 0 Å². The van der Waals surface area contributed by atoms with Crippen molar-refractivity contribution in [1.29, 1.82) is 0 Å². The van der Waals surface area contributed by atoms with E-state index >= 15 is 0 Å². The van der Waals surface area contributed by atoms with Gasteiger partial charge in [0, 0.05) is 19.1 Å². The highest BCUT2D eigenvalue weighted by Gasteiger charge is 2.22. The molecule has 19 heavy (non-hydrogen) atoms. The van der Waals surface area contributed by atoms with E-state index < -0.39 is 0 Å². The first-order valence-electron chi connectivity index (χ1n) is 6.22. The lowest BCUT2D eigenvalue weighted by molar-refractivity contribution is 0.0869. The Labute approximate surface area is 112 Å². The summed E-state index contributed by atoms with van der Waals surface area (Å²) in [6.07, 6.45) is 0.427. The Bertz CT molecular complexity index is 405. The van der Waals surface area contributed by atoms with Crippen molar-refractivity contribution >= 4 is 5.91 Å². The van der Waals surface area contributed by atoms with Gasteiger partial charge in [0.2, 0.25) is 5.82 Å². The van der Waals surface area contributed by atoms with Crippen LogP contribution in [0.5, 0.6) is 0 Å². The number of rotatable bonds is 6. The van der Waals surface area contributed by atoms with Crippen molar-refractivity contribution in [3.8, 4) is 0 Å². The number of amides is 1. The number of aromatic nitrogens is 3. The first-order valence-corrected chi connectivity index (χ1v) is 6.22. The van der Waals surface area contributed by atoms with Crippen molar-refractivity contribution in [3.63, 3.8) is 0 Å². The van der Waals surface area contributed by atoms with E-state index in [9.17, 15) is 4.79 Å². The number of aliphatic hydroxyl groups excluding tert-OH is 1. The minimum atomic E-state index is -0.373. The van der Waals surface area contributed by atoms with Gasteiger partial charge in [-0.3, -0.25) is 9.89 Å². The molecule has 0 aromatic carbocycles. The van der Waals surface area contributed by atoms with Crippen molar-refractivity contribution in [2.75, 3.05) is 20.3 Å². The average Bonchev–Trinajstić information content (AvgIpc) is 2.78. The fourth-order valence-corrected chi connectivity index (χ4v) is 1.50. The maximum Gasteiger partial charge on any atom is 0.291 e. The summed E-state index contributed by atoms with van der Waals surface area (Å²) in [5.74, 6) is 0.384. The minimum Gasteiger partial charge on any atom is -0.396 e. The van der Waals surface area contributed by atoms with Crippen LogP contribution in [0.1, 0.15) is 43.6 Å². The molecule has 1 unspecified atom stereocenters. The van der Waals surface area contributed by atoms with E-state index in [4.69, 9.17) is 9.84 Å². The summed E-state index contributed by atoms with van der Waals surface area (Å²) >= 11 is 0. The van der Waals surface area contributed by atoms with Gasteiger partial charge >= 0.3 is 0 Å². The van der Waals surface area contributed by atoms with Gasteiger partial charge in [-0.15, -0.1) is 5.10 Å². The third kappa shape index (κ3) is 4.60. The quantitative estimate of drug-likeness (QED) is 0.687. The number of aliphatic hydroxyl groups is 1. The molecule has 0 spiro atoms. The van der Waals surface area contributed by atoms with E-state index in [-0.39, 0.29) is 29.8 Å². The molecule has 0 aliphatic rings. The van der Waals surface area contributed by atoms with Gasteiger partial charge in [0.1, 0.15) is 5.82 Å². The summed E-state index contributed by atoms with van der Waals surface area (Å²) in [4.78, 5) is 16.1. The average molecular weight is 270 g/mol. The zero-order chi connectivity index (χ0) is 14.5. The van der Waals surface area contributed by atoms with Crippen LogP contribution < -0.4 is 5.32 Å². The molecule has 0 fully saturated rings. The standard InChI is InChI=1S/C12H22N4O3/c1-12(2,3)11-14-9(15-16-11)10(18)13-8(5-6-17)7-19-4/h8,17H,5-7H2,1-4H3,(H,13,18)(H,14,15,16). The molecule has 108 valence electrons. The Hall–Kier alpha value is -1.47. The van der Waals surface area contributed by atoms with Crippen molar-refractivity contribution in [2.24, 2.45) is 0 Å². The van der Waals surface area contributed by atoms with Crippen LogP contribution in [0.15, 0.2) is 0 Å². The molecule has 7 nitrogen and oxygen atoms in total. The van der Waals surface area contributed by atoms with E-state index in [1.165, 1.54) is 0 Å². The van der Waals surface area contributed by atoms with Gasteiger partial charge in [0.05, 0.1) is 12.6 Å². The molecule has 0 aliphatic carbocycles. The van der Waals surface area contributed by atoms with Crippen molar-refractivity contribution < 1.29 is 14.6 Å². The van der Waals surface area contributed by atoms with Crippen LogP contribution in [0.2, 0.25) is 0 Å². The third-order valence-corrected chi connectivity index (χ3v) is 2.58. The number of methoxy groups -OCH3 is 1. The Morgan fingerprint density at radius 1 is 1.53 bits per heavy atom. The molecule has 1 amide bonds. The molecule has 0 radical (unpaired) electrons. The van der Waals surface area contributed by atoms with Crippen molar-refractivity contribution in [3.05, 3.63) is 11.6 Å². The maximum absolute atomic E-state index is 12.0. The lowest BCUT2D eigenvalue weighted by Gasteiger charge is -2.15. The van der Waals surface area contributed by atoms with Crippen LogP contribution in [0.4, 0.5) is 0 Å². The molecule has 1 atom stereocenters. The Morgan fingerprint density at radius 2 is 2.21 bits per heavy atom. The van der Waals surface area contributed by atoms with Crippen LogP contribution in [-0.2, 0) is 10.2 Å². The van der Waals surface area contributed by atoms with E-state index in [0.29, 0.717) is 18.9 Å². The number of carbonyl (C=O) groups excluding carboxylic acids is 1. The lowest BCUT2D eigenvalue weighted by atomic mass is 9.96. The van der Waals surface area contributed by atoms with Gasteiger partial charge < -0.3 is 15.2 Å². The predicted molar refractivity (Wildman–Crippen MR) is 69.9 cm³/mol. The third-order valence-electron chi connectivity index (χ3n) is 2.58. The zero-order valence-electron chi connectivity index (χ0n) is 11.9. The number of hydrogen-bond donors (Lipinski definition) is 3. The van der Waals surface area contributed by atoms with Crippen molar-refractivity contribution in [1.82, 2.24) is 20.5 Å². The summed E-state index contributed by atoms with van der Waals surface area (Å²) in [7, 11) is 1.54. The molecule has 0 aliphatic heterocycles. The van der Waals surface area contributed by atoms with Crippen LogP contribution in [0, 0.1) is 0 Å². The number of aromatic amines is 1. The monoisotopic (exact) mass is 270 g/mol. The summed E-state index contributed by atoms with van der Waals surface area (Å²) in [6, 6.07) is -0.251. The number of carbonyl (C=O) groups is 1. The predicted octanol–water partition coefficient (Wildman–Crippen LogP) is 0.229. The molecule has 1 rings (SSSR count). The van der Waals surface area contributed by atoms with E-state index in [0.717, 1.165) is 0 Å². The minimum absolute atomic E-state index is 0.0183. The Balaban J connectivity index is 2.69. The highest BCUT2D eigenvalue weighted by molar-refractivity contribution is 5.90. The molecule has 0 saturated heterocycles. The van der Waals surface area contributed by atoms with Gasteiger partial charge in [-0.05, 0) is 6.42 Å². The largest absolute Gasteiger partial charge is 0.396 e.